The monoisotopic (exact) mass is 250 g/mol. The minimum Gasteiger partial charge on any atom is -0.462 e. The number of hydrogen-bond donors (Lipinski definition) is 0. The molecule has 0 amide bonds. The number of carbonyl (C=O) groups is 1. The zero-order valence-corrected chi connectivity index (χ0v) is 10.3. The van der Waals surface area contributed by atoms with Gasteiger partial charge in [-0.1, -0.05) is 42.1 Å². The van der Waals surface area contributed by atoms with E-state index in [2.05, 4.69) is 22.9 Å². The second-order valence-electron chi connectivity index (χ2n) is 3.33. The molecule has 13 heavy (non-hydrogen) atoms. The summed E-state index contributed by atoms with van der Waals surface area (Å²) in [5, 5.41) is 0. The fourth-order valence-corrected chi connectivity index (χ4v) is 1.59. The molecule has 0 heterocycles. The molecule has 0 saturated heterocycles. The molecule has 0 N–H and O–H groups in total. The first-order chi connectivity index (χ1) is 6.07. The Morgan fingerprint density at radius 1 is 1.46 bits per heavy atom. The molecule has 0 rings (SSSR count). The second kappa shape index (κ2) is 7.36. The van der Waals surface area contributed by atoms with E-state index in [9.17, 15) is 4.79 Å². The van der Waals surface area contributed by atoms with E-state index in [1.165, 1.54) is 26.2 Å². The quantitative estimate of drug-likeness (QED) is 0.411. The van der Waals surface area contributed by atoms with Gasteiger partial charge in [0, 0.05) is 6.92 Å². The standard InChI is InChI=1S/C10H19BrO2/c1-4-5-6-7-10(11)8(2)13-9(3)12/h8,10H,4-7H2,1-3H3/t8-,10+/m1/s1. The van der Waals surface area contributed by atoms with Crippen molar-refractivity contribution in [3.05, 3.63) is 0 Å². The number of carbonyl (C=O) groups excluding carboxylic acids is 1. The summed E-state index contributed by atoms with van der Waals surface area (Å²) in [5.41, 5.74) is 0. The van der Waals surface area contributed by atoms with Crippen LogP contribution >= 0.6 is 15.9 Å². The van der Waals surface area contributed by atoms with Gasteiger partial charge in [-0.2, -0.15) is 0 Å². The van der Waals surface area contributed by atoms with Crippen molar-refractivity contribution in [1.82, 2.24) is 0 Å². The molecule has 0 unspecified atom stereocenters. The summed E-state index contributed by atoms with van der Waals surface area (Å²) in [4.78, 5) is 10.9. The highest BCUT2D eigenvalue weighted by Gasteiger charge is 2.15. The van der Waals surface area contributed by atoms with Gasteiger partial charge in [0.15, 0.2) is 0 Å². The first-order valence-electron chi connectivity index (χ1n) is 4.89. The second-order valence-corrected chi connectivity index (χ2v) is 4.50. The third kappa shape index (κ3) is 7.05. The highest BCUT2D eigenvalue weighted by atomic mass is 79.9. The Bertz CT molecular complexity index is 148. The van der Waals surface area contributed by atoms with Crippen LogP contribution in [0.1, 0.15) is 46.5 Å². The van der Waals surface area contributed by atoms with Crippen molar-refractivity contribution in [2.75, 3.05) is 0 Å². The topological polar surface area (TPSA) is 26.3 Å². The van der Waals surface area contributed by atoms with Crippen LogP contribution in [0.2, 0.25) is 0 Å². The average Bonchev–Trinajstić information content (AvgIpc) is 2.03. The predicted molar refractivity (Wildman–Crippen MR) is 58.1 cm³/mol. The molecule has 0 aliphatic carbocycles. The fourth-order valence-electron chi connectivity index (χ4n) is 1.16. The molecule has 0 aromatic rings. The Hall–Kier alpha value is -0.0500. The smallest absolute Gasteiger partial charge is 0.302 e. The molecule has 0 radical (unpaired) electrons. The van der Waals surface area contributed by atoms with E-state index in [0.717, 1.165) is 6.42 Å². The minimum absolute atomic E-state index is 0.0191. The number of alkyl halides is 1. The zero-order valence-electron chi connectivity index (χ0n) is 8.68. The van der Waals surface area contributed by atoms with Crippen molar-refractivity contribution in [2.45, 2.75) is 57.4 Å². The summed E-state index contributed by atoms with van der Waals surface area (Å²) in [6, 6.07) is 0. The van der Waals surface area contributed by atoms with Gasteiger partial charge in [-0.05, 0) is 13.3 Å². The van der Waals surface area contributed by atoms with Crippen LogP contribution in [0.5, 0.6) is 0 Å². The maximum Gasteiger partial charge on any atom is 0.302 e. The van der Waals surface area contributed by atoms with Crippen LogP contribution in [0.15, 0.2) is 0 Å². The Morgan fingerprint density at radius 2 is 2.08 bits per heavy atom. The van der Waals surface area contributed by atoms with Crippen molar-refractivity contribution < 1.29 is 9.53 Å². The lowest BCUT2D eigenvalue weighted by atomic mass is 10.1. The van der Waals surface area contributed by atoms with E-state index in [-0.39, 0.29) is 12.1 Å². The number of unbranched alkanes of at least 4 members (excludes halogenated alkanes) is 2. The van der Waals surface area contributed by atoms with Crippen molar-refractivity contribution >= 4 is 21.9 Å². The Labute approximate surface area is 89.2 Å². The van der Waals surface area contributed by atoms with E-state index in [4.69, 9.17) is 4.74 Å². The van der Waals surface area contributed by atoms with Gasteiger partial charge in [0.05, 0.1) is 4.83 Å². The van der Waals surface area contributed by atoms with Gasteiger partial charge in [-0.25, -0.2) is 0 Å². The molecule has 0 bridgehead atoms. The number of rotatable bonds is 6. The molecule has 0 spiro atoms. The molecule has 0 aliphatic rings. The van der Waals surface area contributed by atoms with Crippen molar-refractivity contribution in [3.8, 4) is 0 Å². The highest BCUT2D eigenvalue weighted by molar-refractivity contribution is 9.09. The highest BCUT2D eigenvalue weighted by Crippen LogP contribution is 2.17. The maximum absolute atomic E-state index is 10.6. The SMILES string of the molecule is CCCCC[C@H](Br)[C@@H](C)OC(C)=O. The van der Waals surface area contributed by atoms with Gasteiger partial charge in [-0.3, -0.25) is 4.79 Å². The fraction of sp³-hybridized carbons (Fsp3) is 0.900. The summed E-state index contributed by atoms with van der Waals surface area (Å²) >= 11 is 3.52. The van der Waals surface area contributed by atoms with Crippen LogP contribution in [-0.2, 0) is 9.53 Å². The minimum atomic E-state index is -0.201. The molecule has 3 heteroatoms. The molecule has 0 fully saturated rings. The Balaban J connectivity index is 3.56. The lowest BCUT2D eigenvalue weighted by Crippen LogP contribution is -2.22. The van der Waals surface area contributed by atoms with Gasteiger partial charge in [0.1, 0.15) is 6.10 Å². The maximum atomic E-state index is 10.6. The summed E-state index contributed by atoms with van der Waals surface area (Å²) in [7, 11) is 0. The molecule has 78 valence electrons. The van der Waals surface area contributed by atoms with E-state index in [1.54, 1.807) is 0 Å². The van der Waals surface area contributed by atoms with Crippen molar-refractivity contribution in [2.24, 2.45) is 0 Å². The van der Waals surface area contributed by atoms with E-state index < -0.39 is 0 Å². The molecule has 2 nitrogen and oxygen atoms in total. The normalized spacial score (nSPS) is 15.1. The lowest BCUT2D eigenvalue weighted by Gasteiger charge is -2.17. The largest absolute Gasteiger partial charge is 0.462 e. The molecular weight excluding hydrogens is 232 g/mol. The predicted octanol–water partition coefficient (Wildman–Crippen LogP) is 3.28. The zero-order chi connectivity index (χ0) is 10.3. The van der Waals surface area contributed by atoms with Crippen LogP contribution in [0.3, 0.4) is 0 Å². The summed E-state index contributed by atoms with van der Waals surface area (Å²) in [6.07, 6.45) is 4.71. The first-order valence-corrected chi connectivity index (χ1v) is 5.80. The van der Waals surface area contributed by atoms with Crippen LogP contribution in [0.4, 0.5) is 0 Å². The van der Waals surface area contributed by atoms with Gasteiger partial charge in [-0.15, -0.1) is 0 Å². The number of hydrogen-bond acceptors (Lipinski definition) is 2. The molecule has 0 aromatic heterocycles. The van der Waals surface area contributed by atoms with Gasteiger partial charge in [0.2, 0.25) is 0 Å². The number of esters is 1. The third-order valence-electron chi connectivity index (χ3n) is 1.94. The molecule has 0 aliphatic heterocycles. The average molecular weight is 251 g/mol. The summed E-state index contributed by atoms with van der Waals surface area (Å²) in [5.74, 6) is -0.201. The Kier molecular flexibility index (Phi) is 7.33. The van der Waals surface area contributed by atoms with Crippen LogP contribution in [-0.4, -0.2) is 16.9 Å². The number of ether oxygens (including phenoxy) is 1. The molecule has 0 saturated carbocycles. The third-order valence-corrected chi connectivity index (χ3v) is 3.15. The molecular formula is C10H19BrO2. The van der Waals surface area contributed by atoms with Crippen LogP contribution in [0.25, 0.3) is 0 Å². The molecule has 2 atom stereocenters. The van der Waals surface area contributed by atoms with Crippen molar-refractivity contribution in [3.63, 3.8) is 0 Å². The van der Waals surface area contributed by atoms with Crippen molar-refractivity contribution in [1.29, 1.82) is 0 Å². The van der Waals surface area contributed by atoms with E-state index in [1.807, 2.05) is 6.92 Å². The summed E-state index contributed by atoms with van der Waals surface area (Å²) in [6.45, 7) is 5.55. The van der Waals surface area contributed by atoms with E-state index in [0.29, 0.717) is 4.83 Å². The van der Waals surface area contributed by atoms with Gasteiger partial charge < -0.3 is 4.74 Å². The van der Waals surface area contributed by atoms with Gasteiger partial charge >= 0.3 is 5.97 Å². The first kappa shape index (κ1) is 12.9. The molecule has 0 aromatic carbocycles. The van der Waals surface area contributed by atoms with E-state index >= 15 is 0 Å². The lowest BCUT2D eigenvalue weighted by molar-refractivity contribution is -0.145. The summed E-state index contributed by atoms with van der Waals surface area (Å²) < 4.78 is 5.06. The van der Waals surface area contributed by atoms with Crippen LogP contribution in [0, 0.1) is 0 Å². The van der Waals surface area contributed by atoms with Gasteiger partial charge in [0.25, 0.3) is 0 Å². The number of halogens is 1. The van der Waals surface area contributed by atoms with Crippen LogP contribution < -0.4 is 0 Å². The Morgan fingerprint density at radius 3 is 2.54 bits per heavy atom.